The zero-order chi connectivity index (χ0) is 14.2. The van der Waals surface area contributed by atoms with E-state index in [1.54, 1.807) is 0 Å². The summed E-state index contributed by atoms with van der Waals surface area (Å²) in [6.45, 7) is 0. The molecule has 2 heterocycles. The molecule has 1 aromatic carbocycles. The highest BCUT2D eigenvalue weighted by molar-refractivity contribution is 7.91. The van der Waals surface area contributed by atoms with Gasteiger partial charge in [-0.3, -0.25) is 0 Å². The van der Waals surface area contributed by atoms with Crippen LogP contribution in [-0.4, -0.2) is 30.1 Å². The molecule has 4 nitrogen and oxygen atoms in total. The van der Waals surface area contributed by atoms with Crippen molar-refractivity contribution in [2.45, 2.75) is 17.7 Å². The van der Waals surface area contributed by atoms with E-state index in [-0.39, 0.29) is 22.8 Å². The minimum absolute atomic E-state index is 0.0223. The van der Waals surface area contributed by atoms with E-state index >= 15 is 0 Å². The standard InChI is InChI=1S/C13H13ClN2O2S2/c14-11(9-4-2-1-3-5-9)13-16-15-12(19-13)10-6-7-20(17,18)8-10/h1-5,10-11H,6-8H2. The Bertz CT molecular complexity index is 700. The minimum atomic E-state index is -2.90. The highest BCUT2D eigenvalue weighted by Crippen LogP contribution is 2.35. The first kappa shape index (κ1) is 14.0. The first-order chi connectivity index (χ1) is 9.55. The average Bonchev–Trinajstić information content (AvgIpc) is 3.05. The normalized spacial score (nSPS) is 22.8. The summed E-state index contributed by atoms with van der Waals surface area (Å²) in [4.78, 5) is 0. The Morgan fingerprint density at radius 2 is 2.00 bits per heavy atom. The number of hydrogen-bond donors (Lipinski definition) is 0. The van der Waals surface area contributed by atoms with Crippen LogP contribution in [0.2, 0.25) is 0 Å². The number of hydrogen-bond acceptors (Lipinski definition) is 5. The van der Waals surface area contributed by atoms with Crippen molar-refractivity contribution in [3.8, 4) is 0 Å². The molecule has 2 aromatic rings. The van der Waals surface area contributed by atoms with Crippen molar-refractivity contribution in [1.29, 1.82) is 0 Å². The van der Waals surface area contributed by atoms with E-state index in [9.17, 15) is 8.42 Å². The van der Waals surface area contributed by atoms with E-state index in [0.29, 0.717) is 6.42 Å². The van der Waals surface area contributed by atoms with Crippen LogP contribution >= 0.6 is 22.9 Å². The molecule has 0 saturated carbocycles. The fourth-order valence-electron chi connectivity index (χ4n) is 2.27. The van der Waals surface area contributed by atoms with Gasteiger partial charge in [0.05, 0.1) is 11.5 Å². The zero-order valence-corrected chi connectivity index (χ0v) is 13.0. The van der Waals surface area contributed by atoms with E-state index in [1.165, 1.54) is 11.3 Å². The van der Waals surface area contributed by atoms with Gasteiger partial charge in [-0.15, -0.1) is 21.8 Å². The van der Waals surface area contributed by atoms with Crippen molar-refractivity contribution in [1.82, 2.24) is 10.2 Å². The fraction of sp³-hybridized carbons (Fsp3) is 0.385. The highest BCUT2D eigenvalue weighted by atomic mass is 35.5. The number of sulfone groups is 1. The second-order valence-corrected chi connectivity index (χ2v) is 8.56. The predicted molar refractivity (Wildman–Crippen MR) is 80.1 cm³/mol. The maximum Gasteiger partial charge on any atom is 0.151 e. The Kier molecular flexibility index (Phi) is 3.79. The van der Waals surface area contributed by atoms with Gasteiger partial charge in [-0.05, 0) is 12.0 Å². The molecule has 1 fully saturated rings. The van der Waals surface area contributed by atoms with Gasteiger partial charge < -0.3 is 0 Å². The molecule has 0 spiro atoms. The van der Waals surface area contributed by atoms with Gasteiger partial charge in [0.15, 0.2) is 9.84 Å². The summed E-state index contributed by atoms with van der Waals surface area (Å²) in [6.07, 6.45) is 0.634. The van der Waals surface area contributed by atoms with Crippen LogP contribution in [0.4, 0.5) is 0 Å². The summed E-state index contributed by atoms with van der Waals surface area (Å²) in [5.74, 6) is 0.404. The maximum atomic E-state index is 11.5. The molecule has 0 aliphatic carbocycles. The first-order valence-corrected chi connectivity index (χ1v) is 9.35. The average molecular weight is 329 g/mol. The number of halogens is 1. The second-order valence-electron chi connectivity index (χ2n) is 4.85. The van der Waals surface area contributed by atoms with Gasteiger partial charge >= 0.3 is 0 Å². The molecule has 1 aliphatic rings. The third-order valence-corrected chi connectivity index (χ3v) is 6.85. The molecule has 0 radical (unpaired) electrons. The molecule has 2 unspecified atom stereocenters. The number of aromatic nitrogens is 2. The van der Waals surface area contributed by atoms with Crippen molar-refractivity contribution in [2.75, 3.05) is 11.5 Å². The molecule has 7 heteroatoms. The SMILES string of the molecule is O=S1(=O)CCC(c2nnc(C(Cl)c3ccccc3)s2)C1. The molecule has 106 valence electrons. The van der Waals surface area contributed by atoms with Crippen LogP contribution in [0.15, 0.2) is 30.3 Å². The lowest BCUT2D eigenvalue weighted by Crippen LogP contribution is -2.03. The molecule has 1 saturated heterocycles. The molecule has 2 atom stereocenters. The summed E-state index contributed by atoms with van der Waals surface area (Å²) in [5.41, 5.74) is 0.968. The Balaban J connectivity index is 1.81. The van der Waals surface area contributed by atoms with Crippen molar-refractivity contribution >= 4 is 32.8 Å². The van der Waals surface area contributed by atoms with E-state index in [0.717, 1.165) is 15.6 Å². The van der Waals surface area contributed by atoms with Gasteiger partial charge in [0, 0.05) is 5.92 Å². The number of benzene rings is 1. The van der Waals surface area contributed by atoms with Crippen LogP contribution < -0.4 is 0 Å². The monoisotopic (exact) mass is 328 g/mol. The van der Waals surface area contributed by atoms with E-state index in [4.69, 9.17) is 11.6 Å². The first-order valence-electron chi connectivity index (χ1n) is 6.28. The fourth-order valence-corrected chi connectivity index (χ4v) is 5.43. The summed E-state index contributed by atoms with van der Waals surface area (Å²) < 4.78 is 23.0. The summed E-state index contributed by atoms with van der Waals surface area (Å²) in [5, 5.41) is 9.42. The molecule has 0 N–H and O–H groups in total. The molecule has 1 aromatic heterocycles. The molecule has 20 heavy (non-hydrogen) atoms. The van der Waals surface area contributed by atoms with E-state index < -0.39 is 9.84 Å². The summed E-state index contributed by atoms with van der Waals surface area (Å²) >= 11 is 7.81. The third-order valence-electron chi connectivity index (χ3n) is 3.35. The van der Waals surface area contributed by atoms with Crippen LogP contribution in [0.25, 0.3) is 0 Å². The smallest absolute Gasteiger partial charge is 0.151 e. The lowest BCUT2D eigenvalue weighted by molar-refractivity contribution is 0.601. The Hall–Kier alpha value is -0.980. The van der Waals surface area contributed by atoms with Crippen LogP contribution in [0.3, 0.4) is 0 Å². The Labute approximate surface area is 126 Å². The molecular formula is C13H13ClN2O2S2. The number of rotatable bonds is 3. The largest absolute Gasteiger partial charge is 0.229 e. The molecule has 3 rings (SSSR count). The van der Waals surface area contributed by atoms with Gasteiger partial charge in [-0.1, -0.05) is 41.7 Å². The Morgan fingerprint density at radius 3 is 2.65 bits per heavy atom. The van der Waals surface area contributed by atoms with Crippen molar-refractivity contribution in [3.63, 3.8) is 0 Å². The molecule has 0 bridgehead atoms. The van der Waals surface area contributed by atoms with Gasteiger partial charge in [0.25, 0.3) is 0 Å². The molecule has 1 aliphatic heterocycles. The highest BCUT2D eigenvalue weighted by Gasteiger charge is 2.32. The lowest BCUT2D eigenvalue weighted by atomic mass is 10.1. The second kappa shape index (κ2) is 5.42. The number of nitrogens with zero attached hydrogens (tertiary/aromatic N) is 2. The van der Waals surface area contributed by atoms with Crippen molar-refractivity contribution in [2.24, 2.45) is 0 Å². The summed E-state index contributed by atoms with van der Waals surface area (Å²) in [6, 6.07) is 9.67. The van der Waals surface area contributed by atoms with Crippen LogP contribution in [0, 0.1) is 0 Å². The van der Waals surface area contributed by atoms with Crippen LogP contribution in [0.5, 0.6) is 0 Å². The number of alkyl halides is 1. The molecule has 0 amide bonds. The van der Waals surface area contributed by atoms with Gasteiger partial charge in [0.1, 0.15) is 15.4 Å². The topological polar surface area (TPSA) is 59.9 Å². The lowest BCUT2D eigenvalue weighted by Gasteiger charge is -2.05. The maximum absolute atomic E-state index is 11.5. The third kappa shape index (κ3) is 2.87. The van der Waals surface area contributed by atoms with Crippen LogP contribution in [0.1, 0.15) is 33.3 Å². The predicted octanol–water partition coefficient (Wildman–Crippen LogP) is 2.77. The zero-order valence-electron chi connectivity index (χ0n) is 10.6. The Morgan fingerprint density at radius 1 is 1.25 bits per heavy atom. The minimum Gasteiger partial charge on any atom is -0.229 e. The van der Waals surface area contributed by atoms with Crippen molar-refractivity contribution in [3.05, 3.63) is 45.9 Å². The summed E-state index contributed by atoms with van der Waals surface area (Å²) in [7, 11) is -2.90. The van der Waals surface area contributed by atoms with Gasteiger partial charge in [-0.2, -0.15) is 0 Å². The van der Waals surface area contributed by atoms with Gasteiger partial charge in [0.2, 0.25) is 0 Å². The quantitative estimate of drug-likeness (QED) is 0.813. The van der Waals surface area contributed by atoms with Crippen LogP contribution in [-0.2, 0) is 9.84 Å². The van der Waals surface area contributed by atoms with Gasteiger partial charge in [-0.25, -0.2) is 8.42 Å². The van der Waals surface area contributed by atoms with Crippen molar-refractivity contribution < 1.29 is 8.42 Å². The molecular weight excluding hydrogens is 316 g/mol. The van der Waals surface area contributed by atoms with E-state index in [1.807, 2.05) is 30.3 Å². The van der Waals surface area contributed by atoms with E-state index in [2.05, 4.69) is 10.2 Å².